The Balaban J connectivity index is 1.84. The van der Waals surface area contributed by atoms with E-state index in [1.807, 2.05) is 24.6 Å². The lowest BCUT2D eigenvalue weighted by Crippen LogP contribution is -2.19. The summed E-state index contributed by atoms with van der Waals surface area (Å²) in [6, 6.07) is 12.0. The molecule has 0 unspecified atom stereocenters. The van der Waals surface area contributed by atoms with Crippen LogP contribution in [0.25, 0.3) is 5.69 Å². The molecule has 144 valence electrons. The molecule has 1 aliphatic rings. The molecule has 0 fully saturated rings. The molecule has 6 nitrogen and oxygen atoms in total. The summed E-state index contributed by atoms with van der Waals surface area (Å²) in [5.74, 6) is 0.967. The second-order valence-corrected chi connectivity index (χ2v) is 6.83. The van der Waals surface area contributed by atoms with Crippen molar-refractivity contribution in [3.8, 4) is 5.69 Å². The third-order valence-corrected chi connectivity index (χ3v) is 4.85. The number of nitrogens with zero attached hydrogens (tertiary/aromatic N) is 5. The zero-order chi connectivity index (χ0) is 19.7. The van der Waals surface area contributed by atoms with Gasteiger partial charge in [-0.1, -0.05) is 30.7 Å². The Kier molecular flexibility index (Phi) is 5.21. The Hall–Kier alpha value is -2.61. The highest BCUT2D eigenvalue weighted by atomic mass is 35.5. The monoisotopic (exact) mass is 399 g/mol. The van der Waals surface area contributed by atoms with Gasteiger partial charge in [-0.15, -0.1) is 10.2 Å². The molecule has 0 aliphatic carbocycles. The van der Waals surface area contributed by atoms with E-state index in [2.05, 4.69) is 15.2 Å². The van der Waals surface area contributed by atoms with Gasteiger partial charge in [0.1, 0.15) is 19.0 Å². The van der Waals surface area contributed by atoms with Gasteiger partial charge >= 0.3 is 0 Å². The van der Waals surface area contributed by atoms with E-state index in [1.165, 1.54) is 6.07 Å². The molecule has 0 N–H and O–H groups in total. The van der Waals surface area contributed by atoms with Crippen LogP contribution in [0.5, 0.6) is 0 Å². The zero-order valence-corrected chi connectivity index (χ0v) is 16.3. The Morgan fingerprint density at radius 3 is 2.79 bits per heavy atom. The first-order valence-electron chi connectivity index (χ1n) is 8.95. The number of rotatable bonds is 5. The van der Waals surface area contributed by atoms with Crippen molar-refractivity contribution in [1.29, 1.82) is 0 Å². The predicted molar refractivity (Wildman–Crippen MR) is 105 cm³/mol. The first kappa shape index (κ1) is 18.7. The predicted octanol–water partition coefficient (Wildman–Crippen LogP) is 3.79. The Labute approximate surface area is 167 Å². The molecule has 28 heavy (non-hydrogen) atoms. The van der Waals surface area contributed by atoms with Gasteiger partial charge in [-0.2, -0.15) is 5.06 Å². The highest BCUT2D eigenvalue weighted by Gasteiger charge is 2.24. The van der Waals surface area contributed by atoms with Crippen molar-refractivity contribution in [2.45, 2.75) is 20.1 Å². The third kappa shape index (κ3) is 3.44. The van der Waals surface area contributed by atoms with E-state index in [1.54, 1.807) is 35.4 Å². The molecular weight excluding hydrogens is 381 g/mol. The summed E-state index contributed by atoms with van der Waals surface area (Å²) < 4.78 is 16.4. The van der Waals surface area contributed by atoms with Crippen LogP contribution >= 0.6 is 11.6 Å². The van der Waals surface area contributed by atoms with Gasteiger partial charge in [0.25, 0.3) is 0 Å². The van der Waals surface area contributed by atoms with Crippen LogP contribution < -0.4 is 0 Å². The number of fused-ring (bicyclic) bond motifs is 3. The number of aromatic nitrogens is 3. The number of halogens is 2. The van der Waals surface area contributed by atoms with Crippen LogP contribution in [-0.2, 0) is 18.0 Å². The van der Waals surface area contributed by atoms with Gasteiger partial charge in [0, 0.05) is 29.7 Å². The van der Waals surface area contributed by atoms with Gasteiger partial charge < -0.3 is 0 Å². The largest absolute Gasteiger partial charge is 0.291 e. The van der Waals surface area contributed by atoms with Gasteiger partial charge in [-0.3, -0.25) is 14.4 Å². The van der Waals surface area contributed by atoms with Crippen molar-refractivity contribution >= 4 is 17.3 Å². The van der Waals surface area contributed by atoms with E-state index < -0.39 is 0 Å². The maximum absolute atomic E-state index is 14.5. The summed E-state index contributed by atoms with van der Waals surface area (Å²) in [5.41, 5.74) is 2.48. The first-order chi connectivity index (χ1) is 13.6. The quantitative estimate of drug-likeness (QED) is 0.612. The Morgan fingerprint density at radius 2 is 2.00 bits per heavy atom. The van der Waals surface area contributed by atoms with Gasteiger partial charge in [-0.05, 0) is 30.3 Å². The van der Waals surface area contributed by atoms with E-state index in [4.69, 9.17) is 16.4 Å². The second kappa shape index (κ2) is 7.79. The summed E-state index contributed by atoms with van der Waals surface area (Å²) in [4.78, 5) is 10.3. The fraction of sp³-hybridized carbons (Fsp3) is 0.250. The molecule has 8 heteroatoms. The van der Waals surface area contributed by atoms with Crippen LogP contribution in [0.1, 0.15) is 29.7 Å². The van der Waals surface area contributed by atoms with Crippen molar-refractivity contribution < 1.29 is 9.23 Å². The van der Waals surface area contributed by atoms with Crippen LogP contribution in [0.4, 0.5) is 4.39 Å². The molecule has 0 bridgehead atoms. The minimum absolute atomic E-state index is 0.258. The van der Waals surface area contributed by atoms with Gasteiger partial charge in [0.2, 0.25) is 0 Å². The molecule has 0 atom stereocenters. The normalized spacial score (nSPS) is 13.1. The van der Waals surface area contributed by atoms with E-state index in [0.29, 0.717) is 27.9 Å². The van der Waals surface area contributed by atoms with E-state index >= 15 is 0 Å². The van der Waals surface area contributed by atoms with Gasteiger partial charge in [-0.25, -0.2) is 4.39 Å². The summed E-state index contributed by atoms with van der Waals surface area (Å²) in [6.07, 6.45) is 0. The highest BCUT2D eigenvalue weighted by molar-refractivity contribution is 6.31. The van der Waals surface area contributed by atoms with Gasteiger partial charge in [0.15, 0.2) is 11.6 Å². The van der Waals surface area contributed by atoms with Gasteiger partial charge in [0.05, 0.1) is 11.4 Å². The molecule has 1 aromatic heterocycles. The molecule has 0 radical (unpaired) electrons. The van der Waals surface area contributed by atoms with Crippen LogP contribution in [0, 0.1) is 5.82 Å². The maximum Gasteiger partial charge on any atom is 0.165 e. The van der Waals surface area contributed by atoms with E-state index in [0.717, 1.165) is 17.8 Å². The summed E-state index contributed by atoms with van der Waals surface area (Å²) in [6.45, 7) is 3.27. The molecule has 0 spiro atoms. The average molecular weight is 400 g/mol. The van der Waals surface area contributed by atoms with Crippen LogP contribution in [-0.4, -0.2) is 39.1 Å². The van der Waals surface area contributed by atoms with Crippen LogP contribution in [0.3, 0.4) is 0 Å². The molecule has 1 aliphatic heterocycles. The van der Waals surface area contributed by atoms with Crippen LogP contribution in [0.15, 0.2) is 47.5 Å². The standard InChI is InChI=1S/C20H19ClFN5O/c1-3-26(2)28-12-19-25-24-18-11-23-20(14-6-4-5-7-16(14)22)15-10-13(21)8-9-17(15)27(18)19/h4-10H,3,11-12H2,1-2H3. The Morgan fingerprint density at radius 1 is 1.18 bits per heavy atom. The van der Waals surface area contributed by atoms with Crippen molar-refractivity contribution in [3.63, 3.8) is 0 Å². The molecule has 0 saturated carbocycles. The summed E-state index contributed by atoms with van der Waals surface area (Å²) in [5, 5.41) is 10.8. The number of aliphatic imine (C=N–C) groups is 1. The fourth-order valence-corrected chi connectivity index (χ4v) is 3.27. The third-order valence-electron chi connectivity index (χ3n) is 4.62. The lowest BCUT2D eigenvalue weighted by Gasteiger charge is -2.16. The maximum atomic E-state index is 14.5. The topological polar surface area (TPSA) is 55.5 Å². The second-order valence-electron chi connectivity index (χ2n) is 6.39. The van der Waals surface area contributed by atoms with E-state index in [9.17, 15) is 4.39 Å². The smallest absolute Gasteiger partial charge is 0.165 e. The molecule has 4 rings (SSSR count). The lowest BCUT2D eigenvalue weighted by atomic mass is 10.00. The van der Waals surface area contributed by atoms with Crippen LogP contribution in [0.2, 0.25) is 5.02 Å². The minimum Gasteiger partial charge on any atom is -0.291 e. The molecule has 0 saturated heterocycles. The number of hydrogen-bond acceptors (Lipinski definition) is 5. The fourth-order valence-electron chi connectivity index (χ4n) is 3.10. The Bertz CT molecular complexity index is 1050. The first-order valence-corrected chi connectivity index (χ1v) is 9.33. The molecule has 3 aromatic rings. The summed E-state index contributed by atoms with van der Waals surface area (Å²) >= 11 is 6.26. The SMILES string of the molecule is CCN(C)OCc1nnc2n1-c1ccc(Cl)cc1C(c1ccccc1F)=NC2. The summed E-state index contributed by atoms with van der Waals surface area (Å²) in [7, 11) is 1.85. The van der Waals surface area contributed by atoms with Crippen molar-refractivity contribution in [1.82, 2.24) is 19.8 Å². The highest BCUT2D eigenvalue weighted by Crippen LogP contribution is 2.29. The molecular formula is C20H19ClFN5O. The molecule has 0 amide bonds. The van der Waals surface area contributed by atoms with Crippen molar-refractivity contribution in [2.24, 2.45) is 4.99 Å². The lowest BCUT2D eigenvalue weighted by molar-refractivity contribution is -0.149. The number of benzene rings is 2. The number of hydroxylamine groups is 2. The van der Waals surface area contributed by atoms with Crippen molar-refractivity contribution in [3.05, 3.63) is 76.1 Å². The molecule has 2 heterocycles. The van der Waals surface area contributed by atoms with E-state index in [-0.39, 0.29) is 19.0 Å². The van der Waals surface area contributed by atoms with Crippen molar-refractivity contribution in [2.75, 3.05) is 13.6 Å². The minimum atomic E-state index is -0.335. The molecule has 2 aromatic carbocycles. The average Bonchev–Trinajstić information content (AvgIpc) is 3.03. The number of hydrogen-bond donors (Lipinski definition) is 0. The zero-order valence-electron chi connectivity index (χ0n) is 15.6.